The van der Waals surface area contributed by atoms with Crippen LogP contribution in [-0.2, 0) is 0 Å². The first kappa shape index (κ1) is 8.97. The molecule has 1 heterocycles. The Bertz CT molecular complexity index is 392. The molecule has 0 spiro atoms. The monoisotopic (exact) mass is 202 g/mol. The molecular weight excluding hydrogens is 192 g/mol. The van der Waals surface area contributed by atoms with Crippen LogP contribution in [0.3, 0.4) is 0 Å². The molecule has 0 saturated carbocycles. The van der Waals surface area contributed by atoms with Crippen LogP contribution in [0, 0.1) is 0 Å². The van der Waals surface area contributed by atoms with Gasteiger partial charge in [-0.05, 0) is 23.6 Å². The molecule has 1 aromatic heterocycles. The van der Waals surface area contributed by atoms with E-state index in [4.69, 9.17) is 0 Å². The summed E-state index contributed by atoms with van der Waals surface area (Å²) in [5.74, 6) is 0. The summed E-state index contributed by atoms with van der Waals surface area (Å²) in [6, 6.07) is 13.9. The number of anilines is 1. The minimum absolute atomic E-state index is 1.00. The van der Waals surface area contributed by atoms with Gasteiger partial charge in [-0.15, -0.1) is 11.3 Å². The van der Waals surface area contributed by atoms with Crippen LogP contribution in [0.25, 0.3) is 0 Å². The second-order valence-corrected chi connectivity index (χ2v) is 3.73. The van der Waals surface area contributed by atoms with Gasteiger partial charge < -0.3 is 0 Å². The maximum Gasteiger partial charge on any atom is 0.0644 e. The highest BCUT2D eigenvalue weighted by atomic mass is 32.1. The molecule has 0 radical (unpaired) electrons. The van der Waals surface area contributed by atoms with Gasteiger partial charge in [-0.2, -0.15) is 5.10 Å². The zero-order valence-electron chi connectivity index (χ0n) is 7.55. The summed E-state index contributed by atoms with van der Waals surface area (Å²) in [4.78, 5) is 1.15. The Morgan fingerprint density at radius 2 is 1.93 bits per heavy atom. The smallest absolute Gasteiger partial charge is 0.0644 e. The van der Waals surface area contributed by atoms with Crippen molar-refractivity contribution < 1.29 is 0 Å². The first-order valence-corrected chi connectivity index (χ1v) is 5.21. The number of nitrogens with one attached hydrogen (secondary N) is 1. The third-order valence-corrected chi connectivity index (χ3v) is 2.51. The van der Waals surface area contributed by atoms with Crippen molar-refractivity contribution in [1.29, 1.82) is 0 Å². The van der Waals surface area contributed by atoms with E-state index >= 15 is 0 Å². The second kappa shape index (κ2) is 4.58. The van der Waals surface area contributed by atoms with E-state index in [1.165, 1.54) is 0 Å². The van der Waals surface area contributed by atoms with Gasteiger partial charge in [0.1, 0.15) is 0 Å². The van der Waals surface area contributed by atoms with Crippen molar-refractivity contribution in [3.63, 3.8) is 0 Å². The van der Waals surface area contributed by atoms with E-state index in [9.17, 15) is 0 Å². The quantitative estimate of drug-likeness (QED) is 0.600. The lowest BCUT2D eigenvalue weighted by Gasteiger charge is -1.96. The number of rotatable bonds is 3. The molecule has 2 nitrogen and oxygen atoms in total. The predicted molar refractivity (Wildman–Crippen MR) is 62.0 cm³/mol. The maximum atomic E-state index is 4.12. The van der Waals surface area contributed by atoms with Crippen LogP contribution < -0.4 is 5.43 Å². The third-order valence-electron chi connectivity index (χ3n) is 1.70. The minimum Gasteiger partial charge on any atom is -0.278 e. The van der Waals surface area contributed by atoms with Crippen LogP contribution >= 0.6 is 11.3 Å². The van der Waals surface area contributed by atoms with Gasteiger partial charge in [0.05, 0.1) is 11.9 Å². The van der Waals surface area contributed by atoms with Gasteiger partial charge in [-0.1, -0.05) is 24.3 Å². The fourth-order valence-electron chi connectivity index (χ4n) is 1.05. The molecule has 0 unspecified atom stereocenters. The van der Waals surface area contributed by atoms with Gasteiger partial charge in [0, 0.05) is 4.88 Å². The van der Waals surface area contributed by atoms with E-state index in [2.05, 4.69) is 10.5 Å². The van der Waals surface area contributed by atoms with Gasteiger partial charge in [-0.25, -0.2) is 0 Å². The number of thiophene rings is 1. The number of hydrogen-bond acceptors (Lipinski definition) is 3. The number of nitrogens with zero attached hydrogens (tertiary/aromatic N) is 1. The summed E-state index contributed by atoms with van der Waals surface area (Å²) >= 11 is 1.67. The highest BCUT2D eigenvalue weighted by molar-refractivity contribution is 7.11. The van der Waals surface area contributed by atoms with Crippen LogP contribution in [0.5, 0.6) is 0 Å². The third kappa shape index (κ3) is 2.44. The Balaban J connectivity index is 1.95. The van der Waals surface area contributed by atoms with Crippen LogP contribution in [0.15, 0.2) is 52.9 Å². The van der Waals surface area contributed by atoms with Crippen LogP contribution in [0.2, 0.25) is 0 Å². The highest BCUT2D eigenvalue weighted by Crippen LogP contribution is 2.06. The van der Waals surface area contributed by atoms with Crippen molar-refractivity contribution in [2.45, 2.75) is 0 Å². The van der Waals surface area contributed by atoms with Crippen LogP contribution in [0.1, 0.15) is 4.88 Å². The molecule has 0 aliphatic rings. The number of hydrogen-bond donors (Lipinski definition) is 1. The number of para-hydroxylation sites is 1. The summed E-state index contributed by atoms with van der Waals surface area (Å²) in [6.45, 7) is 0. The Hall–Kier alpha value is -1.61. The summed E-state index contributed by atoms with van der Waals surface area (Å²) in [5.41, 5.74) is 3.96. The largest absolute Gasteiger partial charge is 0.278 e. The fourth-order valence-corrected chi connectivity index (χ4v) is 1.63. The number of benzene rings is 1. The lowest BCUT2D eigenvalue weighted by atomic mass is 10.3. The van der Waals surface area contributed by atoms with Crippen LogP contribution in [-0.4, -0.2) is 6.21 Å². The molecule has 2 rings (SSSR count). The first-order chi connectivity index (χ1) is 6.95. The van der Waals surface area contributed by atoms with Gasteiger partial charge in [0.25, 0.3) is 0 Å². The van der Waals surface area contributed by atoms with Crippen molar-refractivity contribution in [1.82, 2.24) is 0 Å². The molecule has 0 atom stereocenters. The average Bonchev–Trinajstić information content (AvgIpc) is 2.72. The molecule has 1 aromatic carbocycles. The molecule has 2 aromatic rings. The number of hydrazone groups is 1. The Morgan fingerprint density at radius 3 is 2.64 bits per heavy atom. The van der Waals surface area contributed by atoms with E-state index in [1.54, 1.807) is 11.3 Å². The molecule has 14 heavy (non-hydrogen) atoms. The lowest BCUT2D eigenvalue weighted by Crippen LogP contribution is -1.87. The molecule has 0 saturated heterocycles. The predicted octanol–water partition coefficient (Wildman–Crippen LogP) is 3.19. The topological polar surface area (TPSA) is 24.4 Å². The van der Waals surface area contributed by atoms with E-state index < -0.39 is 0 Å². The lowest BCUT2D eigenvalue weighted by molar-refractivity contribution is 1.35. The normalized spacial score (nSPS) is 10.6. The molecule has 3 heteroatoms. The summed E-state index contributed by atoms with van der Waals surface area (Å²) in [6.07, 6.45) is 1.82. The molecule has 70 valence electrons. The minimum atomic E-state index is 1.00. The highest BCUT2D eigenvalue weighted by Gasteiger charge is 1.86. The van der Waals surface area contributed by atoms with Gasteiger partial charge in [-0.3, -0.25) is 5.43 Å². The molecule has 0 bridgehead atoms. The van der Waals surface area contributed by atoms with Crippen molar-refractivity contribution in [3.8, 4) is 0 Å². The van der Waals surface area contributed by atoms with E-state index in [1.807, 2.05) is 54.1 Å². The Morgan fingerprint density at radius 1 is 1.07 bits per heavy atom. The average molecular weight is 202 g/mol. The fraction of sp³-hybridized carbons (Fsp3) is 0. The van der Waals surface area contributed by atoms with Crippen molar-refractivity contribution in [2.75, 3.05) is 5.43 Å². The Labute approximate surface area is 86.9 Å². The first-order valence-electron chi connectivity index (χ1n) is 4.33. The maximum absolute atomic E-state index is 4.12. The molecule has 0 fully saturated rings. The van der Waals surface area contributed by atoms with Crippen molar-refractivity contribution >= 4 is 23.2 Å². The summed E-state index contributed by atoms with van der Waals surface area (Å²) in [5, 5.41) is 6.15. The van der Waals surface area contributed by atoms with Gasteiger partial charge >= 0.3 is 0 Å². The summed E-state index contributed by atoms with van der Waals surface area (Å²) in [7, 11) is 0. The SMILES string of the molecule is C(=N/Nc1ccccc1)/c1cccs1. The van der Waals surface area contributed by atoms with E-state index in [0.29, 0.717) is 0 Å². The molecule has 0 aliphatic carbocycles. The van der Waals surface area contributed by atoms with Gasteiger partial charge in [0.2, 0.25) is 0 Å². The molecular formula is C11H10N2S. The molecule has 1 N–H and O–H groups in total. The standard InChI is InChI=1S/C11H10N2S/c1-2-5-10(6-3-1)13-12-9-11-7-4-8-14-11/h1-9,13H/b12-9-. The van der Waals surface area contributed by atoms with E-state index in [-0.39, 0.29) is 0 Å². The second-order valence-electron chi connectivity index (χ2n) is 2.75. The van der Waals surface area contributed by atoms with Crippen molar-refractivity contribution in [2.24, 2.45) is 5.10 Å². The Kier molecular flexibility index (Phi) is 2.93. The zero-order chi connectivity index (χ0) is 9.64. The van der Waals surface area contributed by atoms with Crippen molar-refractivity contribution in [3.05, 3.63) is 52.7 Å². The van der Waals surface area contributed by atoms with E-state index in [0.717, 1.165) is 10.6 Å². The zero-order valence-corrected chi connectivity index (χ0v) is 8.37. The summed E-state index contributed by atoms with van der Waals surface area (Å²) < 4.78 is 0. The van der Waals surface area contributed by atoms with Gasteiger partial charge in [0.15, 0.2) is 0 Å². The van der Waals surface area contributed by atoms with Crippen LogP contribution in [0.4, 0.5) is 5.69 Å². The molecule has 0 amide bonds. The molecule has 0 aliphatic heterocycles.